The molecule has 1 saturated heterocycles. The average Bonchev–Trinajstić information content (AvgIpc) is 2.62. The van der Waals surface area contributed by atoms with Crippen LogP contribution in [0.4, 0.5) is 15.9 Å². The largest absolute Gasteiger partial charge is 0.465 e. The first-order chi connectivity index (χ1) is 11.2. The van der Waals surface area contributed by atoms with Crippen molar-refractivity contribution in [2.45, 2.75) is 0 Å². The Morgan fingerprint density at radius 3 is 2.39 bits per heavy atom. The minimum atomic E-state index is -0.364. The molecule has 2 aromatic rings. The first-order valence-corrected chi connectivity index (χ1v) is 7.53. The van der Waals surface area contributed by atoms with Crippen LogP contribution in [-0.4, -0.2) is 39.3 Å². The molecule has 6 heteroatoms. The van der Waals surface area contributed by atoms with Crippen molar-refractivity contribution in [3.05, 3.63) is 54.0 Å². The zero-order valence-corrected chi connectivity index (χ0v) is 13.0. The second kappa shape index (κ2) is 6.64. The van der Waals surface area contributed by atoms with E-state index in [2.05, 4.69) is 19.5 Å². The van der Waals surface area contributed by atoms with Gasteiger partial charge in [-0.15, -0.1) is 0 Å². The summed E-state index contributed by atoms with van der Waals surface area (Å²) in [5.41, 5.74) is 1.14. The fraction of sp³-hybridized carbons (Fsp3) is 0.294. The molecule has 1 aromatic heterocycles. The van der Waals surface area contributed by atoms with Crippen LogP contribution in [-0.2, 0) is 4.74 Å². The number of piperazine rings is 1. The van der Waals surface area contributed by atoms with Crippen molar-refractivity contribution in [1.29, 1.82) is 0 Å². The molecule has 1 aliphatic heterocycles. The van der Waals surface area contributed by atoms with Crippen LogP contribution in [0.25, 0.3) is 0 Å². The van der Waals surface area contributed by atoms with Gasteiger partial charge < -0.3 is 9.64 Å². The van der Waals surface area contributed by atoms with E-state index in [-0.39, 0.29) is 11.8 Å². The lowest BCUT2D eigenvalue weighted by atomic mass is 10.2. The lowest BCUT2D eigenvalue weighted by Gasteiger charge is -2.32. The van der Waals surface area contributed by atoms with Crippen molar-refractivity contribution in [3.63, 3.8) is 0 Å². The monoisotopic (exact) mass is 316 g/mol. The van der Waals surface area contributed by atoms with E-state index in [9.17, 15) is 9.18 Å². The van der Waals surface area contributed by atoms with Crippen LogP contribution < -0.4 is 14.8 Å². The SMILES string of the molecule is COC(=O)c1ccc(N2CCN(c3ccccc3F)CC2)[nH+]c1. The van der Waals surface area contributed by atoms with E-state index in [4.69, 9.17) is 0 Å². The predicted molar refractivity (Wildman–Crippen MR) is 85.2 cm³/mol. The zero-order valence-electron chi connectivity index (χ0n) is 13.0. The summed E-state index contributed by atoms with van der Waals surface area (Å²) in [5, 5.41) is 0. The number of carbonyl (C=O) groups is 1. The van der Waals surface area contributed by atoms with Crippen molar-refractivity contribution in [3.8, 4) is 0 Å². The van der Waals surface area contributed by atoms with E-state index in [1.807, 2.05) is 18.2 Å². The van der Waals surface area contributed by atoms with Gasteiger partial charge in [-0.05, 0) is 18.2 Å². The number of rotatable bonds is 3. The molecule has 1 N–H and O–H groups in total. The Hall–Kier alpha value is -2.63. The number of benzene rings is 1. The van der Waals surface area contributed by atoms with Gasteiger partial charge in [0.1, 0.15) is 25.1 Å². The lowest BCUT2D eigenvalue weighted by Crippen LogP contribution is -2.48. The number of H-pyrrole nitrogens is 1. The van der Waals surface area contributed by atoms with Crippen molar-refractivity contribution in [2.75, 3.05) is 43.1 Å². The number of nitrogens with zero attached hydrogens (tertiary/aromatic N) is 2. The van der Waals surface area contributed by atoms with Crippen molar-refractivity contribution in [1.82, 2.24) is 0 Å². The fourth-order valence-electron chi connectivity index (χ4n) is 2.75. The molecule has 2 heterocycles. The highest BCUT2D eigenvalue weighted by Gasteiger charge is 2.25. The van der Waals surface area contributed by atoms with Gasteiger partial charge in [0.15, 0.2) is 0 Å². The summed E-state index contributed by atoms with van der Waals surface area (Å²) in [4.78, 5) is 18.8. The molecule has 0 bridgehead atoms. The molecular weight excluding hydrogens is 297 g/mol. The van der Waals surface area contributed by atoms with Crippen LogP contribution in [0.3, 0.4) is 0 Å². The minimum absolute atomic E-state index is 0.185. The molecule has 120 valence electrons. The third kappa shape index (κ3) is 3.26. The van der Waals surface area contributed by atoms with Gasteiger partial charge in [-0.25, -0.2) is 14.2 Å². The van der Waals surface area contributed by atoms with E-state index in [1.54, 1.807) is 18.3 Å². The number of methoxy groups -OCH3 is 1. The van der Waals surface area contributed by atoms with Crippen LogP contribution in [0.1, 0.15) is 10.4 Å². The van der Waals surface area contributed by atoms with E-state index in [0.717, 1.165) is 32.0 Å². The number of hydrogen-bond acceptors (Lipinski definition) is 4. The summed E-state index contributed by atoms with van der Waals surface area (Å²) < 4.78 is 18.5. The quantitative estimate of drug-likeness (QED) is 0.810. The Morgan fingerprint density at radius 1 is 1.09 bits per heavy atom. The Bertz CT molecular complexity index is 682. The van der Waals surface area contributed by atoms with Gasteiger partial charge in [-0.3, -0.25) is 4.90 Å². The molecule has 0 saturated carbocycles. The molecule has 1 aliphatic rings. The number of hydrogen-bond donors (Lipinski definition) is 0. The molecule has 1 aromatic carbocycles. The first-order valence-electron chi connectivity index (χ1n) is 7.53. The van der Waals surface area contributed by atoms with Gasteiger partial charge in [-0.1, -0.05) is 12.1 Å². The number of anilines is 2. The third-order valence-electron chi connectivity index (χ3n) is 4.03. The topological polar surface area (TPSA) is 46.9 Å². The predicted octanol–water partition coefficient (Wildman–Crippen LogP) is 1.75. The summed E-state index contributed by atoms with van der Waals surface area (Å²) in [6, 6.07) is 10.5. The number of para-hydroxylation sites is 1. The summed E-state index contributed by atoms with van der Waals surface area (Å²) >= 11 is 0. The summed E-state index contributed by atoms with van der Waals surface area (Å²) in [6.07, 6.45) is 1.64. The summed E-state index contributed by atoms with van der Waals surface area (Å²) in [6.45, 7) is 3.05. The Labute approximate surface area is 134 Å². The van der Waals surface area contributed by atoms with Crippen LogP contribution in [0.5, 0.6) is 0 Å². The van der Waals surface area contributed by atoms with E-state index >= 15 is 0 Å². The number of esters is 1. The Balaban J connectivity index is 1.65. The van der Waals surface area contributed by atoms with Crippen LogP contribution in [0, 0.1) is 5.82 Å². The van der Waals surface area contributed by atoms with Gasteiger partial charge in [0, 0.05) is 6.07 Å². The Morgan fingerprint density at radius 2 is 1.78 bits per heavy atom. The molecule has 0 unspecified atom stereocenters. The Kier molecular flexibility index (Phi) is 4.41. The van der Waals surface area contributed by atoms with Gasteiger partial charge in [0.25, 0.3) is 5.82 Å². The van der Waals surface area contributed by atoms with E-state index in [0.29, 0.717) is 11.3 Å². The maximum Gasteiger partial charge on any atom is 0.341 e. The number of aromatic amines is 1. The lowest BCUT2D eigenvalue weighted by molar-refractivity contribution is -0.364. The third-order valence-corrected chi connectivity index (χ3v) is 4.03. The number of halogens is 1. The average molecular weight is 316 g/mol. The molecule has 0 amide bonds. The minimum Gasteiger partial charge on any atom is -0.465 e. The summed E-state index contributed by atoms with van der Waals surface area (Å²) in [5.74, 6) is 0.387. The second-order valence-corrected chi connectivity index (χ2v) is 5.38. The van der Waals surface area contributed by atoms with E-state index < -0.39 is 0 Å². The van der Waals surface area contributed by atoms with Crippen molar-refractivity contribution >= 4 is 17.5 Å². The first kappa shape index (κ1) is 15.3. The van der Waals surface area contributed by atoms with Crippen LogP contribution >= 0.6 is 0 Å². The number of ether oxygens (including phenoxy) is 1. The number of nitrogens with one attached hydrogen (secondary N) is 1. The van der Waals surface area contributed by atoms with Crippen LogP contribution in [0.15, 0.2) is 42.6 Å². The molecule has 1 fully saturated rings. The van der Waals surface area contributed by atoms with E-state index in [1.165, 1.54) is 13.2 Å². The highest BCUT2D eigenvalue weighted by Crippen LogP contribution is 2.21. The molecule has 23 heavy (non-hydrogen) atoms. The van der Waals surface area contributed by atoms with Gasteiger partial charge >= 0.3 is 5.97 Å². The molecule has 0 spiro atoms. The van der Waals surface area contributed by atoms with Gasteiger partial charge in [0.05, 0.1) is 31.5 Å². The fourth-order valence-corrected chi connectivity index (χ4v) is 2.75. The molecule has 5 nitrogen and oxygen atoms in total. The summed E-state index contributed by atoms with van der Waals surface area (Å²) in [7, 11) is 1.36. The normalized spacial score (nSPS) is 14.7. The number of aromatic nitrogens is 1. The van der Waals surface area contributed by atoms with Gasteiger partial charge in [-0.2, -0.15) is 0 Å². The molecular formula is C17H19FN3O2+. The number of carbonyl (C=O) groups excluding carboxylic acids is 1. The smallest absolute Gasteiger partial charge is 0.341 e. The van der Waals surface area contributed by atoms with Crippen molar-refractivity contribution < 1.29 is 18.9 Å². The van der Waals surface area contributed by atoms with Crippen LogP contribution in [0.2, 0.25) is 0 Å². The molecule has 0 aliphatic carbocycles. The number of pyridine rings is 1. The zero-order chi connectivity index (χ0) is 16.2. The second-order valence-electron chi connectivity index (χ2n) is 5.38. The van der Waals surface area contributed by atoms with Crippen molar-refractivity contribution in [2.24, 2.45) is 0 Å². The van der Waals surface area contributed by atoms with Gasteiger partial charge in [0.2, 0.25) is 0 Å². The maximum absolute atomic E-state index is 13.8. The molecule has 3 rings (SSSR count). The highest BCUT2D eigenvalue weighted by molar-refractivity contribution is 5.88. The highest BCUT2D eigenvalue weighted by atomic mass is 19.1. The maximum atomic E-state index is 13.8. The standard InChI is InChI=1S/C17H18FN3O2/c1-23-17(22)13-6-7-16(19-12-13)21-10-8-20(9-11-21)15-5-3-2-4-14(15)18/h2-7,12H,8-11H2,1H3/p+1. The molecule has 0 radical (unpaired) electrons. The molecule has 0 atom stereocenters.